The van der Waals surface area contributed by atoms with Gasteiger partial charge >= 0.3 is 0 Å². The van der Waals surface area contributed by atoms with E-state index < -0.39 is 0 Å². The van der Waals surface area contributed by atoms with Gasteiger partial charge in [-0.3, -0.25) is 0 Å². The van der Waals surface area contributed by atoms with Crippen molar-refractivity contribution in [3.05, 3.63) is 76.9 Å². The lowest BCUT2D eigenvalue weighted by Crippen LogP contribution is -2.19. The molecule has 1 aliphatic carbocycles. The minimum absolute atomic E-state index is 0.847. The van der Waals surface area contributed by atoms with Crippen LogP contribution in [0.3, 0.4) is 0 Å². The second-order valence-corrected chi connectivity index (χ2v) is 7.38. The molecule has 0 aromatic heterocycles. The Hall–Kier alpha value is -2.74. The van der Waals surface area contributed by atoms with Gasteiger partial charge in [0.25, 0.3) is 0 Å². The van der Waals surface area contributed by atoms with Gasteiger partial charge in [0.05, 0.1) is 0 Å². The van der Waals surface area contributed by atoms with E-state index in [2.05, 4.69) is 74.2 Å². The summed E-state index contributed by atoms with van der Waals surface area (Å²) in [6.45, 7) is 7.61. The molecule has 1 aliphatic rings. The topological polar surface area (TPSA) is 29.3 Å². The largest absolute Gasteiger partial charge is 0.399 e. The Morgan fingerprint density at radius 2 is 1.73 bits per heavy atom. The quantitative estimate of drug-likeness (QED) is 0.461. The van der Waals surface area contributed by atoms with E-state index >= 15 is 0 Å². The fourth-order valence-corrected chi connectivity index (χ4v) is 4.09. The molecule has 132 valence electrons. The highest BCUT2D eigenvalue weighted by atomic mass is 15.1. The van der Waals surface area contributed by atoms with Crippen LogP contribution in [0.5, 0.6) is 0 Å². The average molecular weight is 342 g/mol. The maximum Gasteiger partial charge on any atom is 0.0440 e. The number of nitrogens with zero attached hydrogens (tertiary/aromatic N) is 1. The van der Waals surface area contributed by atoms with E-state index in [0.717, 1.165) is 25.1 Å². The van der Waals surface area contributed by atoms with Gasteiger partial charge in [-0.1, -0.05) is 36.8 Å². The van der Waals surface area contributed by atoms with E-state index in [-0.39, 0.29) is 0 Å². The lowest BCUT2D eigenvalue weighted by molar-refractivity contribution is 0.882. The lowest BCUT2D eigenvalue weighted by Gasteiger charge is -2.27. The Bertz CT molecular complexity index is 972. The second kappa shape index (κ2) is 6.53. The molecular weight excluding hydrogens is 316 g/mol. The zero-order valence-electron chi connectivity index (χ0n) is 15.8. The molecule has 0 saturated carbocycles. The van der Waals surface area contributed by atoms with Crippen LogP contribution in [0.15, 0.2) is 54.6 Å². The third kappa shape index (κ3) is 2.86. The summed E-state index contributed by atoms with van der Waals surface area (Å²) in [5.74, 6) is 0. The number of nitrogens with two attached hydrogens (primary N) is 1. The fraction of sp³-hybridized carbons (Fsp3) is 0.250. The zero-order chi connectivity index (χ0) is 18.3. The first-order valence-corrected chi connectivity index (χ1v) is 9.43. The molecule has 0 atom stereocenters. The van der Waals surface area contributed by atoms with Crippen LogP contribution in [0.25, 0.3) is 11.1 Å². The summed E-state index contributed by atoms with van der Waals surface area (Å²) in [7, 11) is 0. The highest BCUT2D eigenvalue weighted by Gasteiger charge is 2.20. The fourth-order valence-electron chi connectivity index (χ4n) is 4.09. The number of aryl methyl sites for hydroxylation is 2. The van der Waals surface area contributed by atoms with Gasteiger partial charge in [-0.25, -0.2) is 0 Å². The van der Waals surface area contributed by atoms with E-state index in [1.54, 1.807) is 0 Å². The van der Waals surface area contributed by atoms with Gasteiger partial charge in [-0.2, -0.15) is 0 Å². The molecule has 0 bridgehead atoms. The lowest BCUT2D eigenvalue weighted by atomic mass is 10.0. The van der Waals surface area contributed by atoms with Crippen LogP contribution in [0.4, 0.5) is 17.1 Å². The second-order valence-electron chi connectivity index (χ2n) is 7.38. The molecule has 3 aromatic carbocycles. The number of nitrogen functional groups attached to an aromatic ring is 1. The molecule has 0 saturated heterocycles. The van der Waals surface area contributed by atoms with E-state index in [0.29, 0.717) is 0 Å². The van der Waals surface area contributed by atoms with Crippen molar-refractivity contribution in [2.45, 2.75) is 33.6 Å². The SMILES string of the molecule is CCCN(c1ccc2c(c1)-c1ccc(N)cc1C2)c1ccc(C)cc1C. The highest BCUT2D eigenvalue weighted by Crippen LogP contribution is 2.41. The normalized spacial score (nSPS) is 12.0. The van der Waals surface area contributed by atoms with E-state index in [1.165, 1.54) is 44.8 Å². The van der Waals surface area contributed by atoms with Crippen molar-refractivity contribution in [3.63, 3.8) is 0 Å². The molecule has 2 N–H and O–H groups in total. The molecule has 3 aromatic rings. The minimum atomic E-state index is 0.847. The van der Waals surface area contributed by atoms with Crippen LogP contribution in [0.1, 0.15) is 35.6 Å². The van der Waals surface area contributed by atoms with Crippen molar-refractivity contribution in [3.8, 4) is 11.1 Å². The maximum absolute atomic E-state index is 5.98. The molecule has 2 heteroatoms. The molecule has 0 fully saturated rings. The summed E-state index contributed by atoms with van der Waals surface area (Å²) in [6.07, 6.45) is 2.09. The number of fused-ring (bicyclic) bond motifs is 3. The van der Waals surface area contributed by atoms with E-state index in [1.807, 2.05) is 6.07 Å². The number of benzene rings is 3. The monoisotopic (exact) mass is 342 g/mol. The van der Waals surface area contributed by atoms with Gasteiger partial charge in [0.2, 0.25) is 0 Å². The zero-order valence-corrected chi connectivity index (χ0v) is 15.8. The Balaban J connectivity index is 1.79. The molecule has 26 heavy (non-hydrogen) atoms. The molecule has 0 aliphatic heterocycles. The van der Waals surface area contributed by atoms with Crippen molar-refractivity contribution in [2.75, 3.05) is 17.2 Å². The standard InChI is InChI=1S/C24H26N2/c1-4-11-26(24-10-5-16(2)12-17(24)3)21-8-6-18-13-19-14-20(25)7-9-22(19)23(18)15-21/h5-10,12,14-15H,4,11,13,25H2,1-3H3. The first kappa shape index (κ1) is 16.7. The Kier molecular flexibility index (Phi) is 4.20. The predicted octanol–water partition coefficient (Wildman–Crippen LogP) is 6.00. The summed E-state index contributed by atoms with van der Waals surface area (Å²) < 4.78 is 0. The van der Waals surface area contributed by atoms with E-state index in [4.69, 9.17) is 5.73 Å². The molecular formula is C24H26N2. The van der Waals surface area contributed by atoms with Crippen LogP contribution >= 0.6 is 0 Å². The van der Waals surface area contributed by atoms with Crippen molar-refractivity contribution in [1.82, 2.24) is 0 Å². The maximum atomic E-state index is 5.98. The Morgan fingerprint density at radius 3 is 2.50 bits per heavy atom. The van der Waals surface area contributed by atoms with Gasteiger partial charge in [0.1, 0.15) is 0 Å². The first-order valence-electron chi connectivity index (χ1n) is 9.43. The summed E-state index contributed by atoms with van der Waals surface area (Å²) in [4.78, 5) is 2.45. The summed E-state index contributed by atoms with van der Waals surface area (Å²) in [6, 6.07) is 19.9. The third-order valence-electron chi connectivity index (χ3n) is 5.30. The molecule has 0 amide bonds. The molecule has 2 nitrogen and oxygen atoms in total. The summed E-state index contributed by atoms with van der Waals surface area (Å²) in [5, 5.41) is 0. The van der Waals surface area contributed by atoms with Crippen LogP contribution in [0.2, 0.25) is 0 Å². The molecule has 0 radical (unpaired) electrons. The molecule has 0 unspecified atom stereocenters. The van der Waals surface area contributed by atoms with Gasteiger partial charge in [-0.05, 0) is 84.8 Å². The van der Waals surface area contributed by atoms with Crippen molar-refractivity contribution >= 4 is 17.1 Å². The number of anilines is 3. The number of hydrogen-bond acceptors (Lipinski definition) is 2. The van der Waals surface area contributed by atoms with Gasteiger partial charge in [0.15, 0.2) is 0 Å². The summed E-state index contributed by atoms with van der Waals surface area (Å²) in [5.41, 5.74) is 17.4. The number of rotatable bonds is 4. The van der Waals surface area contributed by atoms with Gasteiger partial charge in [-0.15, -0.1) is 0 Å². The minimum Gasteiger partial charge on any atom is -0.399 e. The number of hydrogen-bond donors (Lipinski definition) is 1. The highest BCUT2D eigenvalue weighted by molar-refractivity contribution is 5.82. The van der Waals surface area contributed by atoms with Crippen LogP contribution in [0, 0.1) is 13.8 Å². The smallest absolute Gasteiger partial charge is 0.0440 e. The van der Waals surface area contributed by atoms with Crippen molar-refractivity contribution in [2.24, 2.45) is 0 Å². The van der Waals surface area contributed by atoms with Crippen LogP contribution in [-0.4, -0.2) is 6.54 Å². The van der Waals surface area contributed by atoms with Gasteiger partial charge in [0, 0.05) is 23.6 Å². The Labute approximate surface area is 156 Å². The predicted molar refractivity (Wildman–Crippen MR) is 112 cm³/mol. The van der Waals surface area contributed by atoms with E-state index in [9.17, 15) is 0 Å². The average Bonchev–Trinajstić information content (AvgIpc) is 2.97. The first-order chi connectivity index (χ1) is 12.6. The molecule has 0 heterocycles. The van der Waals surface area contributed by atoms with Crippen LogP contribution < -0.4 is 10.6 Å². The molecule has 0 spiro atoms. The van der Waals surface area contributed by atoms with Crippen molar-refractivity contribution in [1.29, 1.82) is 0 Å². The summed E-state index contributed by atoms with van der Waals surface area (Å²) >= 11 is 0. The van der Waals surface area contributed by atoms with Crippen LogP contribution in [-0.2, 0) is 6.42 Å². The van der Waals surface area contributed by atoms with Gasteiger partial charge < -0.3 is 10.6 Å². The molecule has 4 rings (SSSR count). The van der Waals surface area contributed by atoms with Crippen molar-refractivity contribution < 1.29 is 0 Å². The Morgan fingerprint density at radius 1 is 0.885 bits per heavy atom. The third-order valence-corrected chi connectivity index (χ3v) is 5.30.